The average molecular weight is 564 g/mol. The Morgan fingerprint density at radius 3 is 2.16 bits per heavy atom. The second-order valence-electron chi connectivity index (χ2n) is 8.64. The molecular formula is C24H29ClF3N3O5S. The molecule has 0 radical (unpaired) electrons. The Bertz CT molecular complexity index is 1220. The number of hydrogen-bond acceptors (Lipinski definition) is 5. The van der Waals surface area contributed by atoms with Gasteiger partial charge in [0.05, 0.1) is 29.6 Å². The van der Waals surface area contributed by atoms with E-state index in [4.69, 9.17) is 16.3 Å². The number of carbonyl (C=O) groups excluding carboxylic acids is 2. The second kappa shape index (κ2) is 12.0. The number of hydrogen-bond donors (Lipinski definition) is 1. The third kappa shape index (κ3) is 8.26. The molecule has 0 bridgehead atoms. The van der Waals surface area contributed by atoms with Gasteiger partial charge in [-0.2, -0.15) is 13.2 Å². The van der Waals surface area contributed by atoms with Crippen molar-refractivity contribution in [2.75, 3.05) is 24.2 Å². The molecule has 0 aliphatic carbocycles. The first-order chi connectivity index (χ1) is 17.0. The van der Waals surface area contributed by atoms with Crippen LogP contribution in [0.15, 0.2) is 42.5 Å². The van der Waals surface area contributed by atoms with Gasteiger partial charge in [0.25, 0.3) is 0 Å². The molecule has 1 atom stereocenters. The van der Waals surface area contributed by atoms with E-state index in [0.29, 0.717) is 27.8 Å². The number of nitrogens with one attached hydrogen (secondary N) is 1. The average Bonchev–Trinajstić information content (AvgIpc) is 2.79. The lowest BCUT2D eigenvalue weighted by Crippen LogP contribution is -2.52. The SMILES string of the molecule is COc1ccc(CN(C(=O)CN(c2cc(C(F)(F)F)ccc2Cl)S(C)(=O)=O)C(C)C(=O)NC(C)C)cc1. The Hall–Kier alpha value is -2.99. The minimum atomic E-state index is -4.77. The number of ether oxygens (including phenoxy) is 1. The molecule has 1 unspecified atom stereocenters. The number of rotatable bonds is 10. The Morgan fingerprint density at radius 1 is 1.08 bits per heavy atom. The van der Waals surface area contributed by atoms with Crippen LogP contribution in [-0.2, 0) is 32.3 Å². The molecule has 2 aromatic carbocycles. The molecule has 8 nitrogen and oxygen atoms in total. The highest BCUT2D eigenvalue weighted by Gasteiger charge is 2.34. The maximum Gasteiger partial charge on any atom is 0.416 e. The summed E-state index contributed by atoms with van der Waals surface area (Å²) in [5.74, 6) is -0.740. The number of benzene rings is 2. The number of carbonyl (C=O) groups is 2. The van der Waals surface area contributed by atoms with Crippen LogP contribution in [0.5, 0.6) is 5.75 Å². The lowest BCUT2D eigenvalue weighted by Gasteiger charge is -2.32. The highest BCUT2D eigenvalue weighted by atomic mass is 35.5. The van der Waals surface area contributed by atoms with Crippen LogP contribution in [0.1, 0.15) is 31.9 Å². The van der Waals surface area contributed by atoms with Crippen molar-refractivity contribution < 1.29 is 35.9 Å². The number of amides is 2. The molecule has 0 saturated heterocycles. The minimum absolute atomic E-state index is 0.0799. The van der Waals surface area contributed by atoms with E-state index in [2.05, 4.69) is 5.32 Å². The summed E-state index contributed by atoms with van der Waals surface area (Å²) in [6.07, 6.45) is -4.02. The first kappa shape index (κ1) is 30.2. The molecule has 2 amide bonds. The van der Waals surface area contributed by atoms with Crippen LogP contribution >= 0.6 is 11.6 Å². The fraction of sp³-hybridized carbons (Fsp3) is 0.417. The fourth-order valence-electron chi connectivity index (χ4n) is 3.39. The molecule has 1 N–H and O–H groups in total. The van der Waals surface area contributed by atoms with Gasteiger partial charge < -0.3 is 15.0 Å². The van der Waals surface area contributed by atoms with Gasteiger partial charge in [0.15, 0.2) is 0 Å². The second-order valence-corrected chi connectivity index (χ2v) is 11.0. The van der Waals surface area contributed by atoms with Crippen molar-refractivity contribution in [3.8, 4) is 5.75 Å². The molecule has 2 aromatic rings. The fourth-order valence-corrected chi connectivity index (χ4v) is 4.51. The lowest BCUT2D eigenvalue weighted by molar-refractivity contribution is -0.139. The van der Waals surface area contributed by atoms with Crippen molar-refractivity contribution in [1.82, 2.24) is 10.2 Å². The first-order valence-corrected chi connectivity index (χ1v) is 13.3. The van der Waals surface area contributed by atoms with Gasteiger partial charge in [0.2, 0.25) is 21.8 Å². The molecule has 0 aliphatic rings. The maximum atomic E-state index is 13.5. The van der Waals surface area contributed by atoms with Gasteiger partial charge in [0, 0.05) is 12.6 Å². The lowest BCUT2D eigenvalue weighted by atomic mass is 10.1. The summed E-state index contributed by atoms with van der Waals surface area (Å²) >= 11 is 6.06. The van der Waals surface area contributed by atoms with Crippen LogP contribution in [0.3, 0.4) is 0 Å². The molecule has 0 saturated carbocycles. The standard InChI is InChI=1S/C24H29ClF3N3O5S/c1-15(2)29-23(33)16(3)30(13-17-6-9-19(36-4)10-7-17)22(32)14-31(37(5,34)35)21-12-18(24(26,27)28)8-11-20(21)25/h6-12,15-16H,13-14H2,1-5H3,(H,29,33). The zero-order chi connectivity index (χ0) is 28.1. The van der Waals surface area contributed by atoms with Crippen LogP contribution in [0.4, 0.5) is 18.9 Å². The molecule has 0 heterocycles. The van der Waals surface area contributed by atoms with Gasteiger partial charge in [-0.15, -0.1) is 0 Å². The number of alkyl halides is 3. The zero-order valence-electron chi connectivity index (χ0n) is 21.0. The Balaban J connectivity index is 2.49. The normalized spacial score (nSPS) is 12.7. The topological polar surface area (TPSA) is 96.0 Å². The van der Waals surface area contributed by atoms with Gasteiger partial charge in [-0.05, 0) is 56.7 Å². The summed E-state index contributed by atoms with van der Waals surface area (Å²) in [5, 5.41) is 2.41. The number of methoxy groups -OCH3 is 1. The van der Waals surface area contributed by atoms with Gasteiger partial charge in [0.1, 0.15) is 18.3 Å². The maximum absolute atomic E-state index is 13.5. The molecule has 0 spiro atoms. The van der Waals surface area contributed by atoms with Crippen LogP contribution in [0.2, 0.25) is 5.02 Å². The van der Waals surface area contributed by atoms with Crippen LogP contribution < -0.4 is 14.4 Å². The van der Waals surface area contributed by atoms with E-state index < -0.39 is 51.9 Å². The van der Waals surface area contributed by atoms with Gasteiger partial charge in [-0.25, -0.2) is 8.42 Å². The molecule has 0 fully saturated rings. The number of halogens is 4. The van der Waals surface area contributed by atoms with Gasteiger partial charge in [-0.1, -0.05) is 23.7 Å². The van der Waals surface area contributed by atoms with E-state index in [-0.39, 0.29) is 17.6 Å². The zero-order valence-corrected chi connectivity index (χ0v) is 22.5. The van der Waals surface area contributed by atoms with Gasteiger partial charge >= 0.3 is 6.18 Å². The molecule has 37 heavy (non-hydrogen) atoms. The largest absolute Gasteiger partial charge is 0.497 e. The van der Waals surface area contributed by atoms with Crippen LogP contribution in [-0.4, -0.2) is 57.1 Å². The third-order valence-corrected chi connectivity index (χ3v) is 6.78. The van der Waals surface area contributed by atoms with Crippen molar-refractivity contribution >= 4 is 39.1 Å². The monoisotopic (exact) mass is 563 g/mol. The van der Waals surface area contributed by atoms with Crippen molar-refractivity contribution in [3.05, 3.63) is 58.6 Å². The molecule has 0 aromatic heterocycles. The van der Waals surface area contributed by atoms with Crippen molar-refractivity contribution in [3.63, 3.8) is 0 Å². The predicted octanol–water partition coefficient (Wildman–Crippen LogP) is 4.08. The third-order valence-electron chi connectivity index (χ3n) is 5.33. The predicted molar refractivity (Wildman–Crippen MR) is 135 cm³/mol. The Morgan fingerprint density at radius 2 is 1.68 bits per heavy atom. The summed E-state index contributed by atoms with van der Waals surface area (Å²) in [6.45, 7) is 3.99. The molecule has 204 valence electrons. The van der Waals surface area contributed by atoms with Crippen LogP contribution in [0, 0.1) is 0 Å². The summed E-state index contributed by atoms with van der Waals surface area (Å²) in [6, 6.07) is 7.58. The molecule has 13 heteroatoms. The Labute approximate surface area is 219 Å². The van der Waals surface area contributed by atoms with Crippen molar-refractivity contribution in [2.45, 2.75) is 45.6 Å². The summed E-state index contributed by atoms with van der Waals surface area (Å²) in [7, 11) is -2.77. The number of nitrogens with zero attached hydrogens (tertiary/aromatic N) is 2. The summed E-state index contributed by atoms with van der Waals surface area (Å²) in [4.78, 5) is 27.4. The van der Waals surface area contributed by atoms with Gasteiger partial charge in [-0.3, -0.25) is 13.9 Å². The van der Waals surface area contributed by atoms with E-state index in [1.54, 1.807) is 38.1 Å². The minimum Gasteiger partial charge on any atom is -0.497 e. The van der Waals surface area contributed by atoms with E-state index >= 15 is 0 Å². The number of anilines is 1. The van der Waals surface area contributed by atoms with E-state index in [9.17, 15) is 31.2 Å². The highest BCUT2D eigenvalue weighted by molar-refractivity contribution is 7.92. The van der Waals surface area contributed by atoms with E-state index in [1.807, 2.05) is 0 Å². The van der Waals surface area contributed by atoms with E-state index in [1.165, 1.54) is 14.0 Å². The molecule has 2 rings (SSSR count). The van der Waals surface area contributed by atoms with Crippen LogP contribution in [0.25, 0.3) is 0 Å². The Kier molecular flexibility index (Phi) is 9.84. The number of sulfonamides is 1. The quantitative estimate of drug-likeness (QED) is 0.470. The summed E-state index contributed by atoms with van der Waals surface area (Å²) < 4.78 is 70.7. The highest BCUT2D eigenvalue weighted by Crippen LogP contribution is 2.36. The first-order valence-electron chi connectivity index (χ1n) is 11.1. The molecule has 0 aliphatic heterocycles. The summed E-state index contributed by atoms with van der Waals surface area (Å²) in [5.41, 5.74) is -1.02. The van der Waals surface area contributed by atoms with Crippen molar-refractivity contribution in [1.29, 1.82) is 0 Å². The smallest absolute Gasteiger partial charge is 0.416 e. The van der Waals surface area contributed by atoms with Crippen molar-refractivity contribution in [2.24, 2.45) is 0 Å². The molecular weight excluding hydrogens is 535 g/mol. The van der Waals surface area contributed by atoms with E-state index in [0.717, 1.165) is 17.2 Å².